The van der Waals surface area contributed by atoms with Crippen LogP contribution in [0.25, 0.3) is 0 Å². The van der Waals surface area contributed by atoms with Crippen LogP contribution < -0.4 is 5.73 Å². The zero-order chi connectivity index (χ0) is 13.8. The maximum absolute atomic E-state index is 12.6. The first-order valence-corrected chi connectivity index (χ1v) is 6.44. The van der Waals surface area contributed by atoms with Gasteiger partial charge in [0.15, 0.2) is 0 Å². The Labute approximate surface area is 110 Å². The maximum Gasteiger partial charge on any atom is 0.232 e. The molecule has 1 amide bonds. The van der Waals surface area contributed by atoms with Gasteiger partial charge in [-0.2, -0.15) is 0 Å². The van der Waals surface area contributed by atoms with Gasteiger partial charge in [-0.15, -0.1) is 0 Å². The number of likely N-dealkylation sites (N-methyl/N-ethyl adjacent to an activating group) is 1. The lowest BCUT2D eigenvalue weighted by atomic mass is 9.83. The zero-order valence-corrected chi connectivity index (χ0v) is 11.8. The quantitative estimate of drug-likeness (QED) is 0.868. The molecule has 0 saturated carbocycles. The number of nitrogens with two attached hydrogens (primary N) is 1. The second kappa shape index (κ2) is 6.01. The fourth-order valence-corrected chi connectivity index (χ4v) is 2.05. The summed E-state index contributed by atoms with van der Waals surface area (Å²) in [5.74, 6) is 0.134. The molecule has 3 heteroatoms. The Morgan fingerprint density at radius 1 is 1.33 bits per heavy atom. The Bertz CT molecular complexity index is 387. The van der Waals surface area contributed by atoms with Gasteiger partial charge in [0.2, 0.25) is 5.91 Å². The van der Waals surface area contributed by atoms with Crippen molar-refractivity contribution in [3.8, 4) is 0 Å². The summed E-state index contributed by atoms with van der Waals surface area (Å²) in [6.45, 7) is 6.57. The summed E-state index contributed by atoms with van der Waals surface area (Å²) in [5.41, 5.74) is 6.09. The summed E-state index contributed by atoms with van der Waals surface area (Å²) >= 11 is 0. The first kappa shape index (κ1) is 14.7. The van der Waals surface area contributed by atoms with Gasteiger partial charge >= 0.3 is 0 Å². The molecule has 0 radical (unpaired) electrons. The van der Waals surface area contributed by atoms with Gasteiger partial charge < -0.3 is 10.6 Å². The van der Waals surface area contributed by atoms with E-state index in [9.17, 15) is 4.79 Å². The predicted octanol–water partition coefficient (Wildman–Crippen LogP) is 2.16. The highest BCUT2D eigenvalue weighted by Gasteiger charge is 2.33. The lowest BCUT2D eigenvalue weighted by Crippen LogP contribution is -2.45. The third kappa shape index (κ3) is 3.10. The monoisotopic (exact) mass is 248 g/mol. The van der Waals surface area contributed by atoms with E-state index in [0.717, 1.165) is 12.0 Å². The van der Waals surface area contributed by atoms with Gasteiger partial charge in [0, 0.05) is 13.1 Å². The Morgan fingerprint density at radius 3 is 2.39 bits per heavy atom. The number of carbonyl (C=O) groups excluding carboxylic acids is 1. The number of benzene rings is 1. The van der Waals surface area contributed by atoms with Crippen LogP contribution in [0, 0.1) is 0 Å². The van der Waals surface area contributed by atoms with E-state index in [-0.39, 0.29) is 11.9 Å². The van der Waals surface area contributed by atoms with Gasteiger partial charge in [-0.1, -0.05) is 30.3 Å². The van der Waals surface area contributed by atoms with Crippen molar-refractivity contribution in [2.24, 2.45) is 5.73 Å². The molecule has 1 atom stereocenters. The minimum absolute atomic E-state index is 0.134. The van der Waals surface area contributed by atoms with Crippen molar-refractivity contribution < 1.29 is 4.79 Å². The van der Waals surface area contributed by atoms with E-state index >= 15 is 0 Å². The van der Waals surface area contributed by atoms with E-state index in [4.69, 9.17) is 5.73 Å². The fourth-order valence-electron chi connectivity index (χ4n) is 2.05. The third-order valence-electron chi connectivity index (χ3n) is 3.60. The molecule has 0 aliphatic heterocycles. The summed E-state index contributed by atoms with van der Waals surface area (Å²) in [7, 11) is 1.85. The highest BCUT2D eigenvalue weighted by molar-refractivity contribution is 5.87. The molecular weight excluding hydrogens is 224 g/mol. The normalized spacial score (nSPS) is 13.2. The highest BCUT2D eigenvalue weighted by Crippen LogP contribution is 2.26. The summed E-state index contributed by atoms with van der Waals surface area (Å²) < 4.78 is 0. The summed E-state index contributed by atoms with van der Waals surface area (Å²) in [5, 5.41) is 0. The molecule has 0 bridgehead atoms. The number of carbonyl (C=O) groups is 1. The fraction of sp³-hybridized carbons (Fsp3) is 0.533. The van der Waals surface area contributed by atoms with Crippen molar-refractivity contribution in [3.05, 3.63) is 35.9 Å². The zero-order valence-electron chi connectivity index (χ0n) is 11.8. The maximum atomic E-state index is 12.6. The lowest BCUT2D eigenvalue weighted by Gasteiger charge is -2.33. The molecular formula is C15H24N2O. The van der Waals surface area contributed by atoms with Crippen LogP contribution in [0.2, 0.25) is 0 Å². The largest absolute Gasteiger partial charge is 0.342 e. The van der Waals surface area contributed by atoms with Crippen molar-refractivity contribution in [1.29, 1.82) is 0 Å². The smallest absolute Gasteiger partial charge is 0.232 e. The van der Waals surface area contributed by atoms with Crippen LogP contribution in [0.3, 0.4) is 0 Å². The second-order valence-corrected chi connectivity index (χ2v) is 5.33. The molecule has 1 aromatic carbocycles. The van der Waals surface area contributed by atoms with Crippen LogP contribution in [-0.4, -0.2) is 30.4 Å². The Morgan fingerprint density at radius 2 is 1.89 bits per heavy atom. The average molecular weight is 248 g/mol. The molecule has 0 heterocycles. The first-order valence-electron chi connectivity index (χ1n) is 6.44. The average Bonchev–Trinajstić information content (AvgIpc) is 2.38. The second-order valence-electron chi connectivity index (χ2n) is 5.33. The van der Waals surface area contributed by atoms with E-state index in [0.29, 0.717) is 6.54 Å². The Kier molecular flexibility index (Phi) is 4.91. The van der Waals surface area contributed by atoms with Crippen molar-refractivity contribution in [2.75, 3.05) is 13.6 Å². The molecule has 18 heavy (non-hydrogen) atoms. The van der Waals surface area contributed by atoms with Crippen molar-refractivity contribution in [3.63, 3.8) is 0 Å². The molecule has 0 aromatic heterocycles. The number of hydrogen-bond donors (Lipinski definition) is 1. The van der Waals surface area contributed by atoms with Crippen LogP contribution in [-0.2, 0) is 10.2 Å². The van der Waals surface area contributed by atoms with E-state index in [1.54, 1.807) is 4.90 Å². The minimum atomic E-state index is -0.501. The number of amides is 1. The van der Waals surface area contributed by atoms with Crippen molar-refractivity contribution in [2.45, 2.75) is 38.6 Å². The first-order chi connectivity index (χ1) is 8.41. The molecule has 0 aliphatic carbocycles. The van der Waals surface area contributed by atoms with Gasteiger partial charge in [0.25, 0.3) is 0 Å². The van der Waals surface area contributed by atoms with Crippen molar-refractivity contribution >= 4 is 5.91 Å². The standard InChI is InChI=1S/C15H24N2O/c1-12(10-11-16)17(4)14(18)15(2,3)13-8-6-5-7-9-13/h5-9,12H,10-11,16H2,1-4H3. The molecule has 100 valence electrons. The molecule has 1 unspecified atom stereocenters. The molecule has 0 saturated heterocycles. The molecule has 2 N–H and O–H groups in total. The minimum Gasteiger partial charge on any atom is -0.342 e. The summed E-state index contributed by atoms with van der Waals surface area (Å²) in [6.07, 6.45) is 0.826. The molecule has 1 rings (SSSR count). The van der Waals surface area contributed by atoms with Gasteiger partial charge in [-0.25, -0.2) is 0 Å². The Hall–Kier alpha value is -1.35. The SMILES string of the molecule is CC(CCN)N(C)C(=O)C(C)(C)c1ccccc1. The van der Waals surface area contributed by atoms with E-state index in [1.165, 1.54) is 0 Å². The molecule has 0 spiro atoms. The number of nitrogens with zero attached hydrogens (tertiary/aromatic N) is 1. The van der Waals surface area contributed by atoms with E-state index in [1.807, 2.05) is 58.2 Å². The summed E-state index contributed by atoms with van der Waals surface area (Å²) in [4.78, 5) is 14.4. The van der Waals surface area contributed by atoms with Crippen LogP contribution in [0.1, 0.15) is 32.8 Å². The van der Waals surface area contributed by atoms with Crippen LogP contribution in [0.15, 0.2) is 30.3 Å². The molecule has 0 aliphatic rings. The topological polar surface area (TPSA) is 46.3 Å². The highest BCUT2D eigenvalue weighted by atomic mass is 16.2. The third-order valence-corrected chi connectivity index (χ3v) is 3.60. The van der Waals surface area contributed by atoms with E-state index < -0.39 is 5.41 Å². The van der Waals surface area contributed by atoms with Crippen LogP contribution in [0.4, 0.5) is 0 Å². The number of hydrogen-bond acceptors (Lipinski definition) is 2. The van der Waals surface area contributed by atoms with Gasteiger partial charge in [0.1, 0.15) is 0 Å². The van der Waals surface area contributed by atoms with E-state index in [2.05, 4.69) is 0 Å². The molecule has 1 aromatic rings. The van der Waals surface area contributed by atoms with Crippen LogP contribution in [0.5, 0.6) is 0 Å². The van der Waals surface area contributed by atoms with Gasteiger partial charge in [-0.3, -0.25) is 4.79 Å². The molecule has 0 fully saturated rings. The lowest BCUT2D eigenvalue weighted by molar-refractivity contribution is -0.136. The molecule has 3 nitrogen and oxygen atoms in total. The Balaban J connectivity index is 2.88. The van der Waals surface area contributed by atoms with Gasteiger partial charge in [-0.05, 0) is 39.3 Å². The number of rotatable bonds is 5. The van der Waals surface area contributed by atoms with Crippen LogP contribution >= 0.6 is 0 Å². The van der Waals surface area contributed by atoms with Crippen molar-refractivity contribution in [1.82, 2.24) is 4.90 Å². The summed E-state index contributed by atoms with van der Waals surface area (Å²) in [6, 6.07) is 10.1. The predicted molar refractivity (Wildman–Crippen MR) is 75.4 cm³/mol. The van der Waals surface area contributed by atoms with Gasteiger partial charge in [0.05, 0.1) is 5.41 Å².